The summed E-state index contributed by atoms with van der Waals surface area (Å²) >= 11 is 0. The molecule has 1 aromatic carbocycles. The van der Waals surface area contributed by atoms with E-state index in [-0.39, 0.29) is 6.10 Å². The fourth-order valence-electron chi connectivity index (χ4n) is 3.35. The average molecular weight is 343 g/mol. The van der Waals surface area contributed by atoms with Crippen molar-refractivity contribution in [3.8, 4) is 0 Å². The van der Waals surface area contributed by atoms with Crippen molar-refractivity contribution in [1.29, 1.82) is 0 Å². The first-order valence-electron chi connectivity index (χ1n) is 9.05. The molecule has 2 heterocycles. The second-order valence-corrected chi connectivity index (χ2v) is 6.83. The first-order valence-corrected chi connectivity index (χ1v) is 9.05. The Hall–Kier alpha value is -1.66. The van der Waals surface area contributed by atoms with Crippen molar-refractivity contribution < 1.29 is 9.84 Å². The lowest BCUT2D eigenvalue weighted by Crippen LogP contribution is -2.44. The second kappa shape index (κ2) is 9.15. The lowest BCUT2D eigenvalue weighted by molar-refractivity contribution is 0.00541. The molecule has 2 aromatic rings. The molecule has 0 spiro atoms. The van der Waals surface area contributed by atoms with Crippen LogP contribution in [0.5, 0.6) is 0 Å². The molecule has 0 bridgehead atoms. The number of aryl methyl sites for hydroxylation is 1. The molecule has 5 heteroatoms. The summed E-state index contributed by atoms with van der Waals surface area (Å²) < 4.78 is 7.53. The predicted molar refractivity (Wildman–Crippen MR) is 99.2 cm³/mol. The maximum atomic E-state index is 10.6. The molecule has 136 valence electrons. The Balaban J connectivity index is 1.61. The molecule has 1 saturated heterocycles. The minimum atomic E-state index is -0.359. The number of β-amino-alcohol motifs (C(OH)–C–C–N with tert-alkyl or cyclic N) is 1. The van der Waals surface area contributed by atoms with Crippen LogP contribution in [0, 0.1) is 0 Å². The summed E-state index contributed by atoms with van der Waals surface area (Å²) in [7, 11) is 2.07. The molecule has 1 aliphatic rings. The smallest absolute Gasteiger partial charge is 0.0794 e. The van der Waals surface area contributed by atoms with E-state index in [1.165, 1.54) is 11.3 Å². The van der Waals surface area contributed by atoms with Gasteiger partial charge in [-0.3, -0.25) is 9.80 Å². The van der Waals surface area contributed by atoms with Gasteiger partial charge in [0.2, 0.25) is 0 Å². The van der Waals surface area contributed by atoms with Crippen molar-refractivity contribution in [3.63, 3.8) is 0 Å². The average Bonchev–Trinajstić information content (AvgIpc) is 3.01. The molecule has 1 aromatic heterocycles. The van der Waals surface area contributed by atoms with Crippen LogP contribution in [0.1, 0.15) is 11.3 Å². The highest BCUT2D eigenvalue weighted by molar-refractivity contribution is 5.15. The van der Waals surface area contributed by atoms with Gasteiger partial charge in [-0.1, -0.05) is 30.3 Å². The highest BCUT2D eigenvalue weighted by Crippen LogP contribution is 2.12. The van der Waals surface area contributed by atoms with E-state index in [4.69, 9.17) is 4.74 Å². The van der Waals surface area contributed by atoms with Crippen LogP contribution in [0.15, 0.2) is 48.7 Å². The van der Waals surface area contributed by atoms with E-state index < -0.39 is 0 Å². The number of aliphatic hydroxyl groups excluding tert-OH is 1. The molecule has 3 rings (SSSR count). The Morgan fingerprint density at radius 3 is 2.52 bits per heavy atom. The number of ether oxygens (including phenoxy) is 1. The Bertz CT molecular complexity index is 623. The Morgan fingerprint density at radius 2 is 1.84 bits per heavy atom. The SMILES string of the molecule is Cn1cccc1CN(Cc1ccccc1)CC(O)CN1CCOCC1. The van der Waals surface area contributed by atoms with Crippen LogP contribution in [-0.4, -0.2) is 65.0 Å². The summed E-state index contributed by atoms with van der Waals surface area (Å²) in [5, 5.41) is 10.6. The molecule has 0 saturated carbocycles. The third-order valence-electron chi connectivity index (χ3n) is 4.73. The fraction of sp³-hybridized carbons (Fsp3) is 0.500. The van der Waals surface area contributed by atoms with Gasteiger partial charge in [-0.15, -0.1) is 0 Å². The third-order valence-corrected chi connectivity index (χ3v) is 4.73. The quantitative estimate of drug-likeness (QED) is 0.792. The molecule has 0 aliphatic carbocycles. The molecule has 1 unspecified atom stereocenters. The van der Waals surface area contributed by atoms with E-state index in [0.717, 1.165) is 39.4 Å². The van der Waals surface area contributed by atoms with Crippen LogP contribution in [0.2, 0.25) is 0 Å². The van der Waals surface area contributed by atoms with Crippen molar-refractivity contribution in [2.24, 2.45) is 7.05 Å². The van der Waals surface area contributed by atoms with E-state index >= 15 is 0 Å². The van der Waals surface area contributed by atoms with Crippen molar-refractivity contribution in [2.45, 2.75) is 19.2 Å². The van der Waals surface area contributed by atoms with Gasteiger partial charge in [0.15, 0.2) is 0 Å². The molecule has 5 nitrogen and oxygen atoms in total. The summed E-state index contributed by atoms with van der Waals surface area (Å²) in [5.41, 5.74) is 2.53. The van der Waals surface area contributed by atoms with Gasteiger partial charge in [-0.05, 0) is 17.7 Å². The van der Waals surface area contributed by atoms with Gasteiger partial charge in [0.25, 0.3) is 0 Å². The van der Waals surface area contributed by atoms with Gasteiger partial charge in [0, 0.05) is 58.2 Å². The summed E-state index contributed by atoms with van der Waals surface area (Å²) in [6, 6.07) is 14.7. The van der Waals surface area contributed by atoms with Gasteiger partial charge in [0.1, 0.15) is 0 Å². The molecule has 25 heavy (non-hydrogen) atoms. The zero-order chi connectivity index (χ0) is 17.5. The number of nitrogens with zero attached hydrogens (tertiary/aromatic N) is 3. The molecule has 0 amide bonds. The summed E-state index contributed by atoms with van der Waals surface area (Å²) in [5.74, 6) is 0. The van der Waals surface area contributed by atoms with Gasteiger partial charge in [0.05, 0.1) is 19.3 Å². The number of morpholine rings is 1. The predicted octanol–water partition coefficient (Wildman–Crippen LogP) is 1.72. The van der Waals surface area contributed by atoms with E-state index in [0.29, 0.717) is 13.1 Å². The van der Waals surface area contributed by atoms with Gasteiger partial charge >= 0.3 is 0 Å². The van der Waals surface area contributed by atoms with Gasteiger partial charge < -0.3 is 14.4 Å². The lowest BCUT2D eigenvalue weighted by atomic mass is 10.2. The zero-order valence-corrected chi connectivity index (χ0v) is 15.1. The Morgan fingerprint density at radius 1 is 1.08 bits per heavy atom. The molecular formula is C20H29N3O2. The van der Waals surface area contributed by atoms with Crippen LogP contribution in [0.25, 0.3) is 0 Å². The van der Waals surface area contributed by atoms with Crippen LogP contribution in [0.3, 0.4) is 0 Å². The monoisotopic (exact) mass is 343 g/mol. The largest absolute Gasteiger partial charge is 0.390 e. The Labute approximate surface area is 150 Å². The number of hydrogen-bond acceptors (Lipinski definition) is 4. The van der Waals surface area contributed by atoms with E-state index in [9.17, 15) is 5.11 Å². The second-order valence-electron chi connectivity index (χ2n) is 6.83. The molecular weight excluding hydrogens is 314 g/mol. The zero-order valence-electron chi connectivity index (χ0n) is 15.1. The number of benzene rings is 1. The summed E-state index contributed by atoms with van der Waals surface area (Å²) in [6.07, 6.45) is 1.71. The normalized spacial score (nSPS) is 17.1. The number of rotatable bonds is 8. The number of aromatic nitrogens is 1. The minimum absolute atomic E-state index is 0.359. The minimum Gasteiger partial charge on any atom is -0.390 e. The van der Waals surface area contributed by atoms with Crippen molar-refractivity contribution in [2.75, 3.05) is 39.4 Å². The third kappa shape index (κ3) is 5.68. The van der Waals surface area contributed by atoms with Crippen LogP contribution in [0.4, 0.5) is 0 Å². The van der Waals surface area contributed by atoms with E-state index in [1.807, 2.05) is 6.07 Å². The Kier molecular flexibility index (Phi) is 6.64. The van der Waals surface area contributed by atoms with E-state index in [1.54, 1.807) is 0 Å². The standard InChI is InChI=1S/C20H29N3O2/c1-21-9-5-8-19(21)15-23(14-18-6-3-2-4-7-18)17-20(24)16-22-10-12-25-13-11-22/h2-9,20,24H,10-17H2,1H3. The number of hydrogen-bond donors (Lipinski definition) is 1. The van der Waals surface area contributed by atoms with Gasteiger partial charge in [-0.2, -0.15) is 0 Å². The summed E-state index contributed by atoms with van der Waals surface area (Å²) in [6.45, 7) is 6.40. The maximum absolute atomic E-state index is 10.6. The highest BCUT2D eigenvalue weighted by Gasteiger charge is 2.18. The molecule has 1 atom stereocenters. The molecule has 1 fully saturated rings. The van der Waals surface area contributed by atoms with Crippen molar-refractivity contribution in [1.82, 2.24) is 14.4 Å². The van der Waals surface area contributed by atoms with Crippen LogP contribution < -0.4 is 0 Å². The topological polar surface area (TPSA) is 40.9 Å². The fourth-order valence-corrected chi connectivity index (χ4v) is 3.35. The van der Waals surface area contributed by atoms with Gasteiger partial charge in [-0.25, -0.2) is 0 Å². The summed E-state index contributed by atoms with van der Waals surface area (Å²) in [4.78, 5) is 4.62. The highest BCUT2D eigenvalue weighted by atomic mass is 16.5. The van der Waals surface area contributed by atoms with Crippen LogP contribution in [-0.2, 0) is 24.9 Å². The molecule has 1 aliphatic heterocycles. The number of aliphatic hydroxyl groups is 1. The molecule has 1 N–H and O–H groups in total. The van der Waals surface area contributed by atoms with E-state index in [2.05, 4.69) is 64.0 Å². The maximum Gasteiger partial charge on any atom is 0.0794 e. The van der Waals surface area contributed by atoms with Crippen LogP contribution >= 0.6 is 0 Å². The first-order chi connectivity index (χ1) is 12.2. The first kappa shape index (κ1) is 18.1. The molecule has 0 radical (unpaired) electrons. The lowest BCUT2D eigenvalue weighted by Gasteiger charge is -2.31. The van der Waals surface area contributed by atoms with Crippen molar-refractivity contribution >= 4 is 0 Å². The van der Waals surface area contributed by atoms with Crippen molar-refractivity contribution in [3.05, 3.63) is 59.9 Å².